The second-order valence-electron chi connectivity index (χ2n) is 5.31. The summed E-state index contributed by atoms with van der Waals surface area (Å²) in [7, 11) is 0. The SMILES string of the molecule is CCn1c(C)nc([N+](=O)[O-])c1C(=O)/C(C(C)=O)=C(/O)c1ccccc1. The predicted molar refractivity (Wildman–Crippen MR) is 90.3 cm³/mol. The Labute approximate surface area is 143 Å². The first kappa shape index (κ1) is 18.1. The number of nitro groups is 1. The number of allylic oxidation sites excluding steroid dienone is 1. The monoisotopic (exact) mass is 343 g/mol. The van der Waals surface area contributed by atoms with Crippen molar-refractivity contribution in [3.05, 3.63) is 63.1 Å². The molecule has 0 amide bonds. The summed E-state index contributed by atoms with van der Waals surface area (Å²) >= 11 is 0. The lowest BCUT2D eigenvalue weighted by Gasteiger charge is -2.09. The van der Waals surface area contributed by atoms with Crippen LogP contribution in [0.2, 0.25) is 0 Å². The number of aromatic nitrogens is 2. The van der Waals surface area contributed by atoms with E-state index in [1.807, 2.05) is 0 Å². The largest absolute Gasteiger partial charge is 0.506 e. The summed E-state index contributed by atoms with van der Waals surface area (Å²) in [5.41, 5.74) is -0.565. The summed E-state index contributed by atoms with van der Waals surface area (Å²) in [6.45, 7) is 4.60. The van der Waals surface area contributed by atoms with Gasteiger partial charge in [0.2, 0.25) is 11.6 Å². The number of carbonyl (C=O) groups is 2. The van der Waals surface area contributed by atoms with Gasteiger partial charge in [0.05, 0.1) is 0 Å². The fourth-order valence-electron chi connectivity index (χ4n) is 2.58. The number of hydrogen-bond donors (Lipinski definition) is 1. The molecule has 0 saturated carbocycles. The highest BCUT2D eigenvalue weighted by Crippen LogP contribution is 2.26. The molecule has 130 valence electrons. The molecule has 1 aromatic heterocycles. The van der Waals surface area contributed by atoms with Gasteiger partial charge in [0.25, 0.3) is 0 Å². The third-order valence-electron chi connectivity index (χ3n) is 3.71. The van der Waals surface area contributed by atoms with Gasteiger partial charge in [-0.05, 0) is 23.8 Å². The predicted octanol–water partition coefficient (Wildman–Crippen LogP) is 2.86. The third kappa shape index (κ3) is 3.32. The van der Waals surface area contributed by atoms with Gasteiger partial charge in [-0.1, -0.05) is 30.3 Å². The summed E-state index contributed by atoms with van der Waals surface area (Å²) in [4.78, 5) is 39.2. The van der Waals surface area contributed by atoms with E-state index in [-0.39, 0.29) is 23.6 Å². The van der Waals surface area contributed by atoms with E-state index in [2.05, 4.69) is 4.98 Å². The zero-order valence-corrected chi connectivity index (χ0v) is 14.0. The normalized spacial score (nSPS) is 11.8. The molecule has 0 aliphatic heterocycles. The summed E-state index contributed by atoms with van der Waals surface area (Å²) in [5, 5.41) is 21.7. The van der Waals surface area contributed by atoms with Crippen molar-refractivity contribution in [1.82, 2.24) is 9.55 Å². The van der Waals surface area contributed by atoms with Crippen molar-refractivity contribution in [3.63, 3.8) is 0 Å². The van der Waals surface area contributed by atoms with Crippen LogP contribution in [-0.4, -0.2) is 31.1 Å². The Morgan fingerprint density at radius 3 is 2.36 bits per heavy atom. The smallest absolute Gasteiger partial charge is 0.393 e. The molecule has 0 atom stereocenters. The first-order valence-electron chi connectivity index (χ1n) is 7.55. The molecule has 25 heavy (non-hydrogen) atoms. The van der Waals surface area contributed by atoms with E-state index >= 15 is 0 Å². The van der Waals surface area contributed by atoms with Crippen LogP contribution in [0.4, 0.5) is 5.82 Å². The number of aryl methyl sites for hydroxylation is 1. The lowest BCUT2D eigenvalue weighted by Crippen LogP contribution is -2.18. The highest BCUT2D eigenvalue weighted by molar-refractivity contribution is 6.29. The molecule has 0 spiro atoms. The molecule has 8 nitrogen and oxygen atoms in total. The number of aliphatic hydroxyl groups excluding tert-OH is 1. The molecule has 2 aromatic rings. The minimum Gasteiger partial charge on any atom is -0.506 e. The van der Waals surface area contributed by atoms with E-state index < -0.39 is 33.6 Å². The second kappa shape index (κ2) is 7.08. The number of imidazole rings is 1. The Bertz CT molecular complexity index is 881. The van der Waals surface area contributed by atoms with Crippen molar-refractivity contribution in [2.24, 2.45) is 0 Å². The van der Waals surface area contributed by atoms with Crippen LogP contribution in [0.3, 0.4) is 0 Å². The standard InChI is InChI=1S/C17H17N3O5/c1-4-19-11(3)18-17(20(24)25)14(19)16(23)13(10(2)21)15(22)12-8-6-5-7-9-12/h5-9,22H,4H2,1-3H3/b15-13+. The Hall–Kier alpha value is -3.29. The maximum atomic E-state index is 12.9. The summed E-state index contributed by atoms with van der Waals surface area (Å²) < 4.78 is 1.35. The Balaban J connectivity index is 2.73. The summed E-state index contributed by atoms with van der Waals surface area (Å²) in [6.07, 6.45) is 0. The average molecular weight is 343 g/mol. The minimum absolute atomic E-state index is 0.255. The quantitative estimate of drug-likeness (QED) is 0.164. The Morgan fingerprint density at radius 2 is 1.88 bits per heavy atom. The van der Waals surface area contributed by atoms with Crippen LogP contribution in [0.25, 0.3) is 5.76 Å². The van der Waals surface area contributed by atoms with Gasteiger partial charge in [-0.3, -0.25) is 14.2 Å². The van der Waals surface area contributed by atoms with Crippen LogP contribution in [0.5, 0.6) is 0 Å². The van der Waals surface area contributed by atoms with Crippen molar-refractivity contribution >= 4 is 23.1 Å². The molecule has 1 aromatic carbocycles. The van der Waals surface area contributed by atoms with Crippen molar-refractivity contribution in [3.8, 4) is 0 Å². The van der Waals surface area contributed by atoms with Crippen molar-refractivity contribution in [1.29, 1.82) is 0 Å². The number of carbonyl (C=O) groups excluding carboxylic acids is 2. The molecule has 0 radical (unpaired) electrons. The van der Waals surface area contributed by atoms with Crippen LogP contribution in [0.1, 0.15) is 35.7 Å². The van der Waals surface area contributed by atoms with Gasteiger partial charge in [0.1, 0.15) is 11.3 Å². The van der Waals surface area contributed by atoms with E-state index in [4.69, 9.17) is 0 Å². The van der Waals surface area contributed by atoms with Gasteiger partial charge in [-0.25, -0.2) is 0 Å². The number of nitrogens with zero attached hydrogens (tertiary/aromatic N) is 3. The van der Waals surface area contributed by atoms with Gasteiger partial charge >= 0.3 is 5.82 Å². The highest BCUT2D eigenvalue weighted by Gasteiger charge is 2.34. The molecule has 0 fully saturated rings. The van der Waals surface area contributed by atoms with E-state index in [1.165, 1.54) is 23.6 Å². The summed E-state index contributed by atoms with van der Waals surface area (Å²) in [5.74, 6) is -2.50. The second-order valence-corrected chi connectivity index (χ2v) is 5.31. The molecule has 0 aliphatic rings. The zero-order chi connectivity index (χ0) is 18.7. The van der Waals surface area contributed by atoms with Gasteiger partial charge < -0.3 is 15.2 Å². The topological polar surface area (TPSA) is 115 Å². The van der Waals surface area contributed by atoms with Crippen molar-refractivity contribution in [2.75, 3.05) is 0 Å². The lowest BCUT2D eigenvalue weighted by molar-refractivity contribution is -0.389. The fraction of sp³-hybridized carbons (Fsp3) is 0.235. The van der Waals surface area contributed by atoms with E-state index in [9.17, 15) is 24.8 Å². The van der Waals surface area contributed by atoms with E-state index in [0.29, 0.717) is 0 Å². The number of ketones is 2. The third-order valence-corrected chi connectivity index (χ3v) is 3.71. The van der Waals surface area contributed by atoms with Crippen molar-refractivity contribution < 1.29 is 19.6 Å². The Kier molecular flexibility index (Phi) is 5.11. The van der Waals surface area contributed by atoms with Crippen LogP contribution < -0.4 is 0 Å². The lowest BCUT2D eigenvalue weighted by atomic mass is 9.99. The molecule has 0 unspecified atom stereocenters. The maximum Gasteiger partial charge on any atom is 0.393 e. The van der Waals surface area contributed by atoms with Gasteiger partial charge in [0.15, 0.2) is 11.5 Å². The molecular weight excluding hydrogens is 326 g/mol. The van der Waals surface area contributed by atoms with Crippen molar-refractivity contribution in [2.45, 2.75) is 27.3 Å². The van der Waals surface area contributed by atoms with E-state index in [0.717, 1.165) is 6.92 Å². The molecule has 2 rings (SSSR count). The van der Waals surface area contributed by atoms with Crippen LogP contribution in [0.15, 0.2) is 35.9 Å². The number of benzene rings is 1. The maximum absolute atomic E-state index is 12.9. The number of hydrogen-bond acceptors (Lipinski definition) is 6. The summed E-state index contributed by atoms with van der Waals surface area (Å²) in [6, 6.07) is 8.05. The zero-order valence-electron chi connectivity index (χ0n) is 14.0. The number of rotatable bonds is 6. The molecular formula is C17H17N3O5. The fourth-order valence-corrected chi connectivity index (χ4v) is 2.58. The van der Waals surface area contributed by atoms with Crippen LogP contribution >= 0.6 is 0 Å². The number of Topliss-reactive ketones (excluding diaryl/α,β-unsaturated/α-hetero) is 2. The molecule has 1 heterocycles. The molecule has 0 saturated heterocycles. The Morgan fingerprint density at radius 1 is 1.28 bits per heavy atom. The van der Waals surface area contributed by atoms with Gasteiger partial charge in [0, 0.05) is 19.0 Å². The van der Waals surface area contributed by atoms with Gasteiger partial charge in [-0.15, -0.1) is 0 Å². The van der Waals surface area contributed by atoms with Crippen LogP contribution in [0, 0.1) is 17.0 Å². The molecule has 8 heteroatoms. The number of aliphatic hydroxyl groups is 1. The highest BCUT2D eigenvalue weighted by atomic mass is 16.6. The molecule has 0 bridgehead atoms. The van der Waals surface area contributed by atoms with Gasteiger partial charge in [-0.2, -0.15) is 0 Å². The first-order valence-corrected chi connectivity index (χ1v) is 7.55. The first-order chi connectivity index (χ1) is 11.8. The molecule has 0 aliphatic carbocycles. The molecule has 1 N–H and O–H groups in total. The minimum atomic E-state index is -0.928. The van der Waals surface area contributed by atoms with E-state index in [1.54, 1.807) is 25.1 Å². The van der Waals surface area contributed by atoms with Crippen LogP contribution in [-0.2, 0) is 11.3 Å². The average Bonchev–Trinajstić information content (AvgIpc) is 2.92.